The Morgan fingerprint density at radius 3 is 2.13 bits per heavy atom. The van der Waals surface area contributed by atoms with E-state index in [4.69, 9.17) is 4.98 Å². The Hall–Kier alpha value is -2.29. The summed E-state index contributed by atoms with van der Waals surface area (Å²) in [6.45, 7) is 6.75. The van der Waals surface area contributed by atoms with E-state index in [1.54, 1.807) is 28.8 Å². The number of benzene rings is 2. The quantitative estimate of drug-likeness (QED) is 0.437. The number of rotatable bonds is 5. The first-order valence-electron chi connectivity index (χ1n) is 14.1. The van der Waals surface area contributed by atoms with Gasteiger partial charge in [0.15, 0.2) is 15.7 Å². The summed E-state index contributed by atoms with van der Waals surface area (Å²) >= 11 is 0. The number of nitrogens with zero attached hydrogens (tertiary/aromatic N) is 4. The number of aromatic nitrogens is 2. The van der Waals surface area contributed by atoms with Crippen LogP contribution in [0, 0.1) is 5.82 Å². The molecule has 2 aromatic carbocycles. The molecule has 6 nitrogen and oxygen atoms in total. The second-order valence-electron chi connectivity index (χ2n) is 12.0. The lowest BCUT2D eigenvalue weighted by Gasteiger charge is -2.46. The molecule has 0 spiro atoms. The van der Waals surface area contributed by atoms with Crippen molar-refractivity contribution in [1.82, 2.24) is 19.4 Å². The van der Waals surface area contributed by atoms with Crippen LogP contribution in [0.3, 0.4) is 0 Å². The van der Waals surface area contributed by atoms with Crippen LogP contribution >= 0.6 is 0 Å². The van der Waals surface area contributed by atoms with Gasteiger partial charge in [0, 0.05) is 43.0 Å². The van der Waals surface area contributed by atoms with Crippen molar-refractivity contribution in [2.75, 3.05) is 19.3 Å². The van der Waals surface area contributed by atoms with Crippen LogP contribution < -0.4 is 0 Å². The zero-order valence-corrected chi connectivity index (χ0v) is 23.7. The van der Waals surface area contributed by atoms with Crippen LogP contribution in [0.5, 0.6) is 0 Å². The predicted molar refractivity (Wildman–Crippen MR) is 150 cm³/mol. The molecule has 0 aliphatic carbocycles. The monoisotopic (exact) mass is 538 g/mol. The molecule has 0 amide bonds. The number of aryl methyl sites for hydroxylation is 1. The van der Waals surface area contributed by atoms with Gasteiger partial charge >= 0.3 is 0 Å². The molecule has 6 rings (SSSR count). The lowest BCUT2D eigenvalue weighted by atomic mass is 9.86. The first-order valence-corrected chi connectivity index (χ1v) is 16.0. The maximum absolute atomic E-state index is 16.0. The molecule has 2 bridgehead atoms. The molecule has 3 aliphatic heterocycles. The van der Waals surface area contributed by atoms with Gasteiger partial charge in [-0.25, -0.2) is 17.8 Å². The maximum atomic E-state index is 16.0. The third-order valence-electron chi connectivity index (χ3n) is 9.39. The van der Waals surface area contributed by atoms with Crippen molar-refractivity contribution < 1.29 is 12.8 Å². The highest BCUT2D eigenvalue weighted by Gasteiger charge is 2.43. The number of hydrogen-bond donors (Lipinski definition) is 0. The highest BCUT2D eigenvalue weighted by atomic mass is 32.2. The third-order valence-corrected chi connectivity index (χ3v) is 10.5. The summed E-state index contributed by atoms with van der Waals surface area (Å²) in [7, 11) is -1.44. The van der Waals surface area contributed by atoms with E-state index < -0.39 is 9.84 Å². The summed E-state index contributed by atoms with van der Waals surface area (Å²) in [5.41, 5.74) is 2.71. The minimum atomic E-state index is -3.27. The van der Waals surface area contributed by atoms with Gasteiger partial charge in [-0.05, 0) is 107 Å². The molecule has 38 heavy (non-hydrogen) atoms. The van der Waals surface area contributed by atoms with Crippen LogP contribution in [0.15, 0.2) is 41.3 Å². The second-order valence-corrected chi connectivity index (χ2v) is 14.0. The summed E-state index contributed by atoms with van der Waals surface area (Å²) in [5, 5.41) is 0. The highest BCUT2D eigenvalue weighted by molar-refractivity contribution is 7.90. The fraction of sp³-hybridized carbons (Fsp3) is 0.567. The van der Waals surface area contributed by atoms with E-state index in [-0.39, 0.29) is 16.6 Å². The molecule has 204 valence electrons. The van der Waals surface area contributed by atoms with E-state index in [2.05, 4.69) is 23.6 Å². The van der Waals surface area contributed by atoms with E-state index in [1.165, 1.54) is 31.9 Å². The van der Waals surface area contributed by atoms with Crippen LogP contribution in [0.2, 0.25) is 0 Å². The number of piperidine rings is 2. The fourth-order valence-electron chi connectivity index (χ4n) is 7.60. The van der Waals surface area contributed by atoms with Crippen molar-refractivity contribution in [2.45, 2.75) is 87.4 Å². The smallest absolute Gasteiger partial charge is 0.175 e. The van der Waals surface area contributed by atoms with Crippen LogP contribution in [0.25, 0.3) is 22.4 Å². The van der Waals surface area contributed by atoms with Crippen molar-refractivity contribution in [3.05, 3.63) is 47.8 Å². The van der Waals surface area contributed by atoms with Gasteiger partial charge in [-0.2, -0.15) is 0 Å². The van der Waals surface area contributed by atoms with Gasteiger partial charge in [0.1, 0.15) is 11.3 Å². The van der Waals surface area contributed by atoms with E-state index in [9.17, 15) is 8.42 Å². The van der Waals surface area contributed by atoms with Crippen molar-refractivity contribution >= 4 is 20.9 Å². The number of likely N-dealkylation sites (tertiary alicyclic amines) is 1. The van der Waals surface area contributed by atoms with E-state index >= 15 is 4.39 Å². The number of fused-ring (bicyclic) bond motifs is 3. The molecular formula is C30H39FN4O2S. The average Bonchev–Trinajstić information content (AvgIpc) is 3.37. The summed E-state index contributed by atoms with van der Waals surface area (Å²) in [5.74, 6) is 0.682. The zero-order valence-electron chi connectivity index (χ0n) is 22.9. The van der Waals surface area contributed by atoms with Crippen LogP contribution in [-0.4, -0.2) is 71.3 Å². The topological polar surface area (TPSA) is 58.4 Å². The Bertz CT molecular complexity index is 1430. The van der Waals surface area contributed by atoms with Gasteiger partial charge in [0.05, 0.1) is 10.4 Å². The maximum Gasteiger partial charge on any atom is 0.175 e. The van der Waals surface area contributed by atoms with Gasteiger partial charge in [0.2, 0.25) is 0 Å². The molecule has 3 saturated heterocycles. The Labute approximate surface area is 225 Å². The number of sulfone groups is 1. The second kappa shape index (κ2) is 9.72. The van der Waals surface area contributed by atoms with Crippen molar-refractivity contribution in [3.8, 4) is 11.4 Å². The summed E-state index contributed by atoms with van der Waals surface area (Å²) < 4.78 is 41.4. The van der Waals surface area contributed by atoms with Crippen molar-refractivity contribution in [2.24, 2.45) is 7.05 Å². The lowest BCUT2D eigenvalue weighted by molar-refractivity contribution is 0.0297. The number of halogens is 1. The SMILES string of the molecule is CC(C)N1C2CCC1CC(N1CCC(c3ccc4nc(-c5ccc(S(C)(=O)=O)cc5)n(C)c4c3F)CC1)C2. The van der Waals surface area contributed by atoms with Gasteiger partial charge < -0.3 is 9.47 Å². The summed E-state index contributed by atoms with van der Waals surface area (Å²) in [4.78, 5) is 10.4. The Kier molecular flexibility index (Phi) is 6.64. The summed E-state index contributed by atoms with van der Waals surface area (Å²) in [6, 6.07) is 13.3. The van der Waals surface area contributed by atoms with Crippen LogP contribution in [-0.2, 0) is 16.9 Å². The highest BCUT2D eigenvalue weighted by Crippen LogP contribution is 2.41. The zero-order chi connectivity index (χ0) is 26.8. The minimum absolute atomic E-state index is 0.168. The van der Waals surface area contributed by atoms with Gasteiger partial charge in [-0.15, -0.1) is 0 Å². The van der Waals surface area contributed by atoms with Crippen LogP contribution in [0.4, 0.5) is 4.39 Å². The molecule has 8 heteroatoms. The molecule has 2 unspecified atom stereocenters. The van der Waals surface area contributed by atoms with Gasteiger partial charge in [-0.3, -0.25) is 4.90 Å². The van der Waals surface area contributed by atoms with E-state index in [0.29, 0.717) is 28.9 Å². The van der Waals surface area contributed by atoms with Crippen LogP contribution in [0.1, 0.15) is 63.9 Å². The first kappa shape index (κ1) is 26.0. The van der Waals surface area contributed by atoms with E-state index in [0.717, 1.165) is 49.1 Å². The number of imidazole rings is 1. The van der Waals surface area contributed by atoms with Gasteiger partial charge in [0.25, 0.3) is 0 Å². The fourth-order valence-corrected chi connectivity index (χ4v) is 8.23. The predicted octanol–water partition coefficient (Wildman–Crippen LogP) is 5.37. The standard InChI is InChI=1S/C30H39FN4O2S/c1-19(2)35-22-7-8-23(35)18-24(17-22)34-15-13-20(14-16-34)26-11-12-27-29(28(26)31)33(3)30(32-27)21-5-9-25(10-6-21)38(4,36)37/h5-6,9-12,19-20,22-24H,7-8,13-18H2,1-4H3. The Balaban J connectivity index is 1.19. The largest absolute Gasteiger partial charge is 0.325 e. The molecule has 2 atom stereocenters. The molecule has 3 aliphatic rings. The third kappa shape index (κ3) is 4.48. The number of hydrogen-bond acceptors (Lipinski definition) is 5. The molecule has 0 radical (unpaired) electrons. The molecule has 0 N–H and O–H groups in total. The minimum Gasteiger partial charge on any atom is -0.325 e. The lowest BCUT2D eigenvalue weighted by Crippen LogP contribution is -2.53. The average molecular weight is 539 g/mol. The van der Waals surface area contributed by atoms with Crippen molar-refractivity contribution in [1.29, 1.82) is 0 Å². The molecule has 3 aromatic rings. The summed E-state index contributed by atoms with van der Waals surface area (Å²) in [6.07, 6.45) is 8.41. The molecular weight excluding hydrogens is 499 g/mol. The van der Waals surface area contributed by atoms with E-state index in [1.807, 2.05) is 19.2 Å². The Morgan fingerprint density at radius 1 is 0.921 bits per heavy atom. The first-order chi connectivity index (χ1) is 18.1. The molecule has 1 aromatic heterocycles. The molecule has 4 heterocycles. The molecule has 3 fully saturated rings. The Morgan fingerprint density at radius 2 is 1.55 bits per heavy atom. The normalized spacial score (nSPS) is 25.6. The van der Waals surface area contributed by atoms with Crippen molar-refractivity contribution in [3.63, 3.8) is 0 Å². The van der Waals surface area contributed by atoms with Gasteiger partial charge in [-0.1, -0.05) is 6.07 Å². The molecule has 0 saturated carbocycles.